The molecule has 3 rings (SSSR count). The smallest absolute Gasteiger partial charge is 0.257 e. The molecule has 0 bridgehead atoms. The topological polar surface area (TPSA) is 50.2 Å². The minimum atomic E-state index is 0.0651. The number of aryl methyl sites for hydroxylation is 1. The van der Waals surface area contributed by atoms with E-state index in [-0.39, 0.29) is 5.91 Å². The Morgan fingerprint density at radius 3 is 2.81 bits per heavy atom. The van der Waals surface area contributed by atoms with Crippen molar-refractivity contribution in [2.45, 2.75) is 13.0 Å². The van der Waals surface area contributed by atoms with Crippen LogP contribution in [0.3, 0.4) is 0 Å². The Bertz CT molecular complexity index is 635. The van der Waals surface area contributed by atoms with Gasteiger partial charge < -0.3 is 10.2 Å². The first kappa shape index (κ1) is 13.8. The van der Waals surface area contributed by atoms with E-state index in [0.717, 1.165) is 30.9 Å². The predicted molar refractivity (Wildman–Crippen MR) is 82.0 cm³/mol. The van der Waals surface area contributed by atoms with E-state index in [0.29, 0.717) is 11.6 Å². The molecule has 5 nitrogen and oxygen atoms in total. The Hall–Kier alpha value is -2.14. The molecule has 0 saturated carbocycles. The lowest BCUT2D eigenvalue weighted by molar-refractivity contribution is 0.0710. The fourth-order valence-corrected chi connectivity index (χ4v) is 2.74. The SMILES string of the molecule is C[C@@H]1CN(C(=O)c2cn(C)nc2-c2ccccc2)CCN1. The van der Waals surface area contributed by atoms with Crippen molar-refractivity contribution in [2.75, 3.05) is 19.6 Å². The molecule has 1 saturated heterocycles. The summed E-state index contributed by atoms with van der Waals surface area (Å²) in [5.74, 6) is 0.0651. The van der Waals surface area contributed by atoms with E-state index in [9.17, 15) is 4.79 Å². The molecule has 1 fully saturated rings. The van der Waals surface area contributed by atoms with Crippen LogP contribution in [-0.4, -0.2) is 46.3 Å². The van der Waals surface area contributed by atoms with Gasteiger partial charge in [-0.3, -0.25) is 9.48 Å². The van der Waals surface area contributed by atoms with Crippen molar-refractivity contribution < 1.29 is 4.79 Å². The number of aromatic nitrogens is 2. The maximum Gasteiger partial charge on any atom is 0.257 e. The lowest BCUT2D eigenvalue weighted by Crippen LogP contribution is -2.51. The van der Waals surface area contributed by atoms with Crippen molar-refractivity contribution in [3.8, 4) is 11.3 Å². The first-order valence-corrected chi connectivity index (χ1v) is 7.27. The molecule has 110 valence electrons. The minimum Gasteiger partial charge on any atom is -0.336 e. The van der Waals surface area contributed by atoms with Crippen LogP contribution in [0.2, 0.25) is 0 Å². The number of hydrogen-bond donors (Lipinski definition) is 1. The van der Waals surface area contributed by atoms with E-state index in [1.807, 2.05) is 48.5 Å². The highest BCUT2D eigenvalue weighted by atomic mass is 16.2. The third kappa shape index (κ3) is 2.83. The van der Waals surface area contributed by atoms with Gasteiger partial charge in [-0.05, 0) is 6.92 Å². The third-order valence-electron chi connectivity index (χ3n) is 3.76. The van der Waals surface area contributed by atoms with Gasteiger partial charge in [-0.1, -0.05) is 30.3 Å². The van der Waals surface area contributed by atoms with E-state index in [1.165, 1.54) is 0 Å². The van der Waals surface area contributed by atoms with Crippen molar-refractivity contribution in [1.29, 1.82) is 0 Å². The fraction of sp³-hybridized carbons (Fsp3) is 0.375. The van der Waals surface area contributed by atoms with Gasteiger partial charge in [0.1, 0.15) is 5.69 Å². The summed E-state index contributed by atoms with van der Waals surface area (Å²) < 4.78 is 1.71. The Morgan fingerprint density at radius 2 is 2.10 bits per heavy atom. The highest BCUT2D eigenvalue weighted by Gasteiger charge is 2.25. The molecule has 1 aromatic heterocycles. The van der Waals surface area contributed by atoms with Crippen molar-refractivity contribution in [2.24, 2.45) is 7.05 Å². The molecule has 0 aliphatic carbocycles. The highest BCUT2D eigenvalue weighted by Crippen LogP contribution is 2.23. The number of rotatable bonds is 2. The van der Waals surface area contributed by atoms with Crippen LogP contribution in [0.25, 0.3) is 11.3 Å². The lowest BCUT2D eigenvalue weighted by atomic mass is 10.1. The van der Waals surface area contributed by atoms with Crippen molar-refractivity contribution in [3.05, 3.63) is 42.1 Å². The van der Waals surface area contributed by atoms with E-state index in [4.69, 9.17) is 0 Å². The van der Waals surface area contributed by atoms with E-state index in [2.05, 4.69) is 17.3 Å². The molecule has 0 radical (unpaired) electrons. The van der Waals surface area contributed by atoms with Crippen molar-refractivity contribution >= 4 is 5.91 Å². The number of amides is 1. The summed E-state index contributed by atoms with van der Waals surface area (Å²) in [6.07, 6.45) is 1.82. The molecule has 21 heavy (non-hydrogen) atoms. The van der Waals surface area contributed by atoms with Crippen LogP contribution >= 0.6 is 0 Å². The molecular weight excluding hydrogens is 264 g/mol. The van der Waals surface area contributed by atoms with Gasteiger partial charge in [0, 0.05) is 44.5 Å². The molecule has 2 aromatic rings. The summed E-state index contributed by atoms with van der Waals surface area (Å²) in [4.78, 5) is 14.7. The Kier molecular flexibility index (Phi) is 3.75. The summed E-state index contributed by atoms with van der Waals surface area (Å²) in [6.45, 7) is 4.42. The van der Waals surface area contributed by atoms with Gasteiger partial charge in [0.15, 0.2) is 0 Å². The Morgan fingerprint density at radius 1 is 1.33 bits per heavy atom. The zero-order valence-corrected chi connectivity index (χ0v) is 12.4. The molecule has 1 amide bonds. The molecule has 1 aliphatic heterocycles. The van der Waals surface area contributed by atoms with Crippen LogP contribution in [0.4, 0.5) is 0 Å². The van der Waals surface area contributed by atoms with Gasteiger partial charge >= 0.3 is 0 Å². The summed E-state index contributed by atoms with van der Waals surface area (Å²) in [6, 6.07) is 10.2. The minimum absolute atomic E-state index is 0.0651. The number of carbonyl (C=O) groups is 1. The van der Waals surface area contributed by atoms with Crippen LogP contribution in [0, 0.1) is 0 Å². The van der Waals surface area contributed by atoms with Gasteiger partial charge in [0.25, 0.3) is 5.91 Å². The van der Waals surface area contributed by atoms with Crippen molar-refractivity contribution in [3.63, 3.8) is 0 Å². The Balaban J connectivity index is 1.93. The fourth-order valence-electron chi connectivity index (χ4n) is 2.74. The number of nitrogens with zero attached hydrogens (tertiary/aromatic N) is 3. The molecule has 1 aromatic carbocycles. The number of piperazine rings is 1. The van der Waals surface area contributed by atoms with Crippen LogP contribution in [0.5, 0.6) is 0 Å². The average Bonchev–Trinajstić information content (AvgIpc) is 2.89. The Labute approximate surface area is 124 Å². The molecule has 1 N–H and O–H groups in total. The molecule has 2 heterocycles. The second-order valence-corrected chi connectivity index (χ2v) is 5.54. The van der Waals surface area contributed by atoms with Crippen LogP contribution in [0.1, 0.15) is 17.3 Å². The molecule has 1 aliphatic rings. The van der Waals surface area contributed by atoms with Crippen LogP contribution in [0.15, 0.2) is 36.5 Å². The normalized spacial score (nSPS) is 18.8. The number of carbonyl (C=O) groups excluding carboxylic acids is 1. The van der Waals surface area contributed by atoms with Crippen LogP contribution < -0.4 is 5.32 Å². The first-order valence-electron chi connectivity index (χ1n) is 7.27. The largest absolute Gasteiger partial charge is 0.336 e. The second kappa shape index (κ2) is 5.69. The summed E-state index contributed by atoms with van der Waals surface area (Å²) >= 11 is 0. The summed E-state index contributed by atoms with van der Waals surface area (Å²) in [5.41, 5.74) is 2.41. The first-order chi connectivity index (χ1) is 10.1. The van der Waals surface area contributed by atoms with E-state index >= 15 is 0 Å². The van der Waals surface area contributed by atoms with E-state index in [1.54, 1.807) is 4.68 Å². The number of hydrogen-bond acceptors (Lipinski definition) is 3. The van der Waals surface area contributed by atoms with Gasteiger partial charge in [-0.15, -0.1) is 0 Å². The van der Waals surface area contributed by atoms with Crippen molar-refractivity contribution in [1.82, 2.24) is 20.0 Å². The van der Waals surface area contributed by atoms with Gasteiger partial charge in [0.2, 0.25) is 0 Å². The molecule has 1 atom stereocenters. The zero-order valence-electron chi connectivity index (χ0n) is 12.4. The predicted octanol–water partition coefficient (Wildman–Crippen LogP) is 1.52. The van der Waals surface area contributed by atoms with Crippen LogP contribution in [-0.2, 0) is 7.05 Å². The average molecular weight is 284 g/mol. The van der Waals surface area contributed by atoms with Gasteiger partial charge in [0.05, 0.1) is 5.56 Å². The third-order valence-corrected chi connectivity index (χ3v) is 3.76. The molecule has 0 spiro atoms. The summed E-state index contributed by atoms with van der Waals surface area (Å²) in [5, 5.41) is 7.82. The lowest BCUT2D eigenvalue weighted by Gasteiger charge is -2.31. The highest BCUT2D eigenvalue weighted by molar-refractivity contribution is 5.99. The monoisotopic (exact) mass is 284 g/mol. The number of nitrogens with one attached hydrogen (secondary N) is 1. The summed E-state index contributed by atoms with van der Waals surface area (Å²) in [7, 11) is 1.85. The van der Waals surface area contributed by atoms with E-state index < -0.39 is 0 Å². The zero-order chi connectivity index (χ0) is 14.8. The molecule has 5 heteroatoms. The van der Waals surface area contributed by atoms with Gasteiger partial charge in [-0.2, -0.15) is 5.10 Å². The maximum absolute atomic E-state index is 12.8. The standard InChI is InChI=1S/C16H20N4O/c1-12-10-20(9-8-17-12)16(21)14-11-19(2)18-15(14)13-6-4-3-5-7-13/h3-7,11-12,17H,8-10H2,1-2H3/t12-/m1/s1. The quantitative estimate of drug-likeness (QED) is 0.909. The number of benzene rings is 1. The van der Waals surface area contributed by atoms with Gasteiger partial charge in [-0.25, -0.2) is 0 Å². The molecule has 0 unspecified atom stereocenters. The second-order valence-electron chi connectivity index (χ2n) is 5.54. The molecular formula is C16H20N4O. The maximum atomic E-state index is 12.8.